The van der Waals surface area contributed by atoms with Crippen molar-refractivity contribution >= 4 is 23.2 Å². The fourth-order valence-corrected chi connectivity index (χ4v) is 4.26. The smallest absolute Gasteiger partial charge is 0.264 e. The Morgan fingerprint density at radius 2 is 2.11 bits per heavy atom. The lowest BCUT2D eigenvalue weighted by Crippen LogP contribution is -2.44. The van der Waals surface area contributed by atoms with Crippen molar-refractivity contribution in [3.05, 3.63) is 52.0 Å². The van der Waals surface area contributed by atoms with Crippen molar-refractivity contribution in [3.63, 3.8) is 0 Å². The molecule has 1 N–H and O–H groups in total. The minimum absolute atomic E-state index is 0.0242. The van der Waals surface area contributed by atoms with Crippen molar-refractivity contribution < 1.29 is 9.59 Å². The average molecular weight is 401 g/mol. The summed E-state index contributed by atoms with van der Waals surface area (Å²) in [5.74, 6) is -0.505. The largest absolute Gasteiger partial charge is 0.355 e. The molecule has 0 aromatic carbocycles. The van der Waals surface area contributed by atoms with Crippen LogP contribution in [0.25, 0.3) is 0 Å². The van der Waals surface area contributed by atoms with Gasteiger partial charge in [0.05, 0.1) is 16.5 Å². The van der Waals surface area contributed by atoms with Gasteiger partial charge in [0.15, 0.2) is 0 Å². The molecule has 0 fully saturated rings. The van der Waals surface area contributed by atoms with Crippen LogP contribution in [-0.2, 0) is 11.3 Å². The van der Waals surface area contributed by atoms with Gasteiger partial charge in [0.25, 0.3) is 5.91 Å². The normalized spacial score (nSPS) is 16.1. The van der Waals surface area contributed by atoms with Gasteiger partial charge >= 0.3 is 0 Å². The maximum Gasteiger partial charge on any atom is 0.264 e. The third-order valence-corrected chi connectivity index (χ3v) is 6.06. The van der Waals surface area contributed by atoms with Crippen LogP contribution in [0, 0.1) is 0 Å². The zero-order chi connectivity index (χ0) is 19.9. The zero-order valence-electron chi connectivity index (χ0n) is 16.6. The third-order valence-electron chi connectivity index (χ3n) is 5.20. The molecule has 0 radical (unpaired) electrons. The van der Waals surface area contributed by atoms with E-state index in [4.69, 9.17) is 0 Å². The van der Waals surface area contributed by atoms with Crippen LogP contribution in [-0.4, -0.2) is 59.3 Å². The number of amides is 2. The van der Waals surface area contributed by atoms with Crippen LogP contribution in [0.15, 0.2) is 35.8 Å². The molecular formula is C21H28N4O2S. The van der Waals surface area contributed by atoms with Gasteiger partial charge in [0.1, 0.15) is 0 Å². The number of nitrogens with one attached hydrogen (secondary N) is 1. The Hall–Kier alpha value is -2.25. The first-order valence-corrected chi connectivity index (χ1v) is 10.8. The van der Waals surface area contributed by atoms with Crippen molar-refractivity contribution in [2.45, 2.75) is 32.7 Å². The zero-order valence-corrected chi connectivity index (χ0v) is 17.4. The molecule has 2 amide bonds. The molecule has 1 unspecified atom stereocenters. The van der Waals surface area contributed by atoms with E-state index in [0.717, 1.165) is 37.3 Å². The third kappa shape index (κ3) is 4.77. The van der Waals surface area contributed by atoms with E-state index < -0.39 is 5.92 Å². The van der Waals surface area contributed by atoms with Crippen molar-refractivity contribution in [2.24, 2.45) is 0 Å². The molecule has 3 heterocycles. The van der Waals surface area contributed by atoms with E-state index in [0.29, 0.717) is 24.5 Å². The van der Waals surface area contributed by atoms with Crippen molar-refractivity contribution in [1.29, 1.82) is 0 Å². The number of rotatable bonds is 8. The molecule has 6 nitrogen and oxygen atoms in total. The van der Waals surface area contributed by atoms with Crippen LogP contribution in [0.3, 0.4) is 0 Å². The Morgan fingerprint density at radius 3 is 2.82 bits per heavy atom. The summed E-state index contributed by atoms with van der Waals surface area (Å²) in [5.41, 5.74) is 1.74. The highest BCUT2D eigenvalue weighted by Gasteiger charge is 2.34. The summed E-state index contributed by atoms with van der Waals surface area (Å²) in [4.78, 5) is 35.0. The van der Waals surface area contributed by atoms with E-state index in [1.165, 1.54) is 11.3 Å². The molecule has 1 aliphatic heterocycles. The van der Waals surface area contributed by atoms with Gasteiger partial charge < -0.3 is 15.1 Å². The van der Waals surface area contributed by atoms with Gasteiger partial charge in [-0.25, -0.2) is 0 Å². The molecule has 2 aromatic rings. The lowest BCUT2D eigenvalue weighted by Gasteiger charge is -2.33. The maximum atomic E-state index is 12.9. The number of fused-ring (bicyclic) bond motifs is 1. The van der Waals surface area contributed by atoms with E-state index in [1.54, 1.807) is 11.1 Å². The lowest BCUT2D eigenvalue weighted by molar-refractivity contribution is -0.123. The fourth-order valence-electron chi connectivity index (χ4n) is 3.57. The number of carbonyl (C=O) groups is 2. The second kappa shape index (κ2) is 9.80. The molecular weight excluding hydrogens is 372 g/mol. The molecule has 28 heavy (non-hydrogen) atoms. The molecule has 150 valence electrons. The summed E-state index contributed by atoms with van der Waals surface area (Å²) in [6.45, 7) is 8.78. The van der Waals surface area contributed by atoms with Crippen LogP contribution in [0.4, 0.5) is 0 Å². The highest BCUT2D eigenvalue weighted by Crippen LogP contribution is 2.28. The summed E-state index contributed by atoms with van der Waals surface area (Å²) < 4.78 is 0. The summed E-state index contributed by atoms with van der Waals surface area (Å²) in [6, 6.07) is 7.51. The Bertz CT molecular complexity index is 789. The minimum atomic E-state index is -0.428. The quantitative estimate of drug-likeness (QED) is 0.692. The first-order valence-electron chi connectivity index (χ1n) is 9.90. The second-order valence-electron chi connectivity index (χ2n) is 6.93. The number of nitrogens with zero attached hydrogens (tertiary/aromatic N) is 3. The Balaban J connectivity index is 1.66. The predicted octanol–water partition coefficient (Wildman–Crippen LogP) is 2.73. The van der Waals surface area contributed by atoms with E-state index >= 15 is 0 Å². The van der Waals surface area contributed by atoms with E-state index in [9.17, 15) is 9.59 Å². The number of carbonyl (C=O) groups excluding carboxylic acids is 2. The molecule has 1 atom stereocenters. The van der Waals surface area contributed by atoms with Crippen LogP contribution in [0.2, 0.25) is 0 Å². The van der Waals surface area contributed by atoms with Crippen LogP contribution >= 0.6 is 11.3 Å². The van der Waals surface area contributed by atoms with Crippen molar-refractivity contribution in [3.8, 4) is 0 Å². The summed E-state index contributed by atoms with van der Waals surface area (Å²) in [6.07, 6.45) is 2.63. The van der Waals surface area contributed by atoms with Gasteiger partial charge in [0, 0.05) is 25.8 Å². The minimum Gasteiger partial charge on any atom is -0.355 e. The number of hydrogen-bond donors (Lipinski definition) is 1. The van der Waals surface area contributed by atoms with Crippen LogP contribution in [0.1, 0.15) is 47.1 Å². The van der Waals surface area contributed by atoms with Crippen LogP contribution in [0.5, 0.6) is 0 Å². The molecule has 0 bridgehead atoms. The number of pyridine rings is 1. The van der Waals surface area contributed by atoms with Gasteiger partial charge in [-0.1, -0.05) is 26.0 Å². The molecule has 2 aromatic heterocycles. The Labute approximate surface area is 170 Å². The average Bonchev–Trinajstić information content (AvgIpc) is 3.27. The van der Waals surface area contributed by atoms with Gasteiger partial charge in [0.2, 0.25) is 5.91 Å². The van der Waals surface area contributed by atoms with Crippen LogP contribution < -0.4 is 5.32 Å². The Morgan fingerprint density at radius 1 is 1.29 bits per heavy atom. The first-order chi connectivity index (χ1) is 13.6. The predicted molar refractivity (Wildman–Crippen MR) is 111 cm³/mol. The maximum absolute atomic E-state index is 12.9. The van der Waals surface area contributed by atoms with E-state index in [-0.39, 0.29) is 11.8 Å². The Kier molecular flexibility index (Phi) is 7.17. The number of aromatic nitrogens is 1. The molecule has 0 spiro atoms. The molecule has 1 aliphatic rings. The number of thiophene rings is 1. The lowest BCUT2D eigenvalue weighted by atomic mass is 9.93. The summed E-state index contributed by atoms with van der Waals surface area (Å²) in [7, 11) is 0. The van der Waals surface area contributed by atoms with E-state index in [2.05, 4.69) is 29.0 Å². The fraction of sp³-hybridized carbons (Fsp3) is 0.476. The van der Waals surface area contributed by atoms with E-state index in [1.807, 2.05) is 29.6 Å². The molecule has 0 saturated carbocycles. The monoisotopic (exact) mass is 400 g/mol. The highest BCUT2D eigenvalue weighted by molar-refractivity contribution is 7.12. The SMILES string of the molecule is CCN(CC)CCCNC(=O)C1CN(C(=O)c2cccs2)Cc2cccnc21. The second-order valence-corrected chi connectivity index (χ2v) is 7.88. The highest BCUT2D eigenvalue weighted by atomic mass is 32.1. The molecule has 0 saturated heterocycles. The molecule has 3 rings (SSSR count). The summed E-state index contributed by atoms with van der Waals surface area (Å²) in [5, 5.41) is 4.95. The van der Waals surface area contributed by atoms with Crippen molar-refractivity contribution in [1.82, 2.24) is 20.1 Å². The van der Waals surface area contributed by atoms with Gasteiger partial charge in [-0.3, -0.25) is 14.6 Å². The first kappa shape index (κ1) is 20.5. The van der Waals surface area contributed by atoms with Gasteiger partial charge in [-0.15, -0.1) is 11.3 Å². The molecule has 7 heteroatoms. The number of hydrogen-bond acceptors (Lipinski definition) is 5. The standard InChI is InChI=1S/C21H28N4O2S/c1-3-24(4-2)12-7-11-23-20(26)17-15-25(21(27)18-9-6-13-28-18)14-16-8-5-10-22-19(16)17/h5-6,8-10,13,17H,3-4,7,11-12,14-15H2,1-2H3,(H,23,26). The van der Waals surface area contributed by atoms with Gasteiger partial charge in [-0.2, -0.15) is 0 Å². The topological polar surface area (TPSA) is 65.5 Å². The summed E-state index contributed by atoms with van der Waals surface area (Å²) >= 11 is 1.43. The molecule has 0 aliphatic carbocycles. The van der Waals surface area contributed by atoms with Gasteiger partial charge in [-0.05, 0) is 49.1 Å². The van der Waals surface area contributed by atoms with Crippen molar-refractivity contribution in [2.75, 3.05) is 32.7 Å².